The van der Waals surface area contributed by atoms with E-state index in [1.54, 1.807) is 4.90 Å². The number of aromatic carboxylic acids is 1. The van der Waals surface area contributed by atoms with Crippen LogP contribution in [0.25, 0.3) is 0 Å². The fourth-order valence-electron chi connectivity index (χ4n) is 1.64. The third-order valence-corrected chi connectivity index (χ3v) is 2.74. The van der Waals surface area contributed by atoms with E-state index in [4.69, 9.17) is 9.84 Å². The lowest BCUT2D eigenvalue weighted by Crippen LogP contribution is -2.34. The van der Waals surface area contributed by atoms with Crippen LogP contribution in [0.2, 0.25) is 0 Å². The minimum atomic E-state index is -1.05. The first-order chi connectivity index (χ1) is 9.03. The molecule has 0 fully saturated rings. The summed E-state index contributed by atoms with van der Waals surface area (Å²) in [6, 6.07) is 4.03. The van der Waals surface area contributed by atoms with E-state index in [-0.39, 0.29) is 11.6 Å². The smallest absolute Gasteiger partial charge is 0.335 e. The predicted molar refractivity (Wildman–Crippen MR) is 71.9 cm³/mol. The molecule has 104 valence electrons. The SMILES string of the molecule is CCN(CC)C(=O)Nc1cc(C(=O)O)ccc1OC. The number of methoxy groups -OCH3 is 1. The van der Waals surface area contributed by atoms with E-state index in [0.717, 1.165) is 0 Å². The van der Waals surface area contributed by atoms with Crippen molar-refractivity contribution in [3.63, 3.8) is 0 Å². The van der Waals surface area contributed by atoms with E-state index in [1.165, 1.54) is 25.3 Å². The Balaban J connectivity index is 3.00. The lowest BCUT2D eigenvalue weighted by Gasteiger charge is -2.20. The number of carbonyl (C=O) groups excluding carboxylic acids is 1. The van der Waals surface area contributed by atoms with Crippen LogP contribution in [-0.2, 0) is 0 Å². The van der Waals surface area contributed by atoms with Crippen molar-refractivity contribution in [1.29, 1.82) is 0 Å². The van der Waals surface area contributed by atoms with Crippen molar-refractivity contribution >= 4 is 17.7 Å². The van der Waals surface area contributed by atoms with Crippen LogP contribution in [0.5, 0.6) is 5.75 Å². The molecule has 1 aromatic carbocycles. The molecule has 0 saturated carbocycles. The zero-order chi connectivity index (χ0) is 14.4. The number of urea groups is 1. The average molecular weight is 266 g/mol. The molecule has 1 aromatic rings. The van der Waals surface area contributed by atoms with Gasteiger partial charge in [-0.15, -0.1) is 0 Å². The lowest BCUT2D eigenvalue weighted by atomic mass is 10.2. The molecule has 0 saturated heterocycles. The minimum absolute atomic E-state index is 0.0932. The van der Waals surface area contributed by atoms with Crippen molar-refractivity contribution < 1.29 is 19.4 Å². The summed E-state index contributed by atoms with van der Waals surface area (Å²) >= 11 is 0. The summed E-state index contributed by atoms with van der Waals surface area (Å²) in [5.74, 6) is -0.633. The molecular weight excluding hydrogens is 248 g/mol. The number of hydrogen-bond acceptors (Lipinski definition) is 3. The maximum absolute atomic E-state index is 11.9. The van der Waals surface area contributed by atoms with Crippen LogP contribution in [0.15, 0.2) is 18.2 Å². The average Bonchev–Trinajstić information content (AvgIpc) is 2.39. The highest BCUT2D eigenvalue weighted by Gasteiger charge is 2.14. The quantitative estimate of drug-likeness (QED) is 0.856. The fraction of sp³-hybridized carbons (Fsp3) is 0.385. The molecule has 0 spiro atoms. The second-order valence-corrected chi connectivity index (χ2v) is 3.82. The van der Waals surface area contributed by atoms with Crippen LogP contribution in [0.3, 0.4) is 0 Å². The monoisotopic (exact) mass is 266 g/mol. The topological polar surface area (TPSA) is 78.9 Å². The number of nitrogens with zero attached hydrogens (tertiary/aromatic N) is 1. The van der Waals surface area contributed by atoms with E-state index in [1.807, 2.05) is 13.8 Å². The molecule has 6 nitrogen and oxygen atoms in total. The number of anilines is 1. The summed E-state index contributed by atoms with van der Waals surface area (Å²) in [5, 5.41) is 11.6. The molecule has 0 aliphatic rings. The number of carboxylic acids is 1. The van der Waals surface area contributed by atoms with Crippen molar-refractivity contribution in [3.8, 4) is 5.75 Å². The van der Waals surface area contributed by atoms with Gasteiger partial charge in [0.15, 0.2) is 0 Å². The van der Waals surface area contributed by atoms with Crippen molar-refractivity contribution in [2.45, 2.75) is 13.8 Å². The van der Waals surface area contributed by atoms with E-state index in [2.05, 4.69) is 5.32 Å². The first kappa shape index (κ1) is 14.8. The summed E-state index contributed by atoms with van der Waals surface area (Å²) in [7, 11) is 1.46. The van der Waals surface area contributed by atoms with E-state index >= 15 is 0 Å². The summed E-state index contributed by atoms with van der Waals surface area (Å²) in [6.07, 6.45) is 0. The summed E-state index contributed by atoms with van der Waals surface area (Å²) in [4.78, 5) is 24.4. The Morgan fingerprint density at radius 1 is 1.32 bits per heavy atom. The van der Waals surface area contributed by atoms with Crippen molar-refractivity contribution in [2.75, 3.05) is 25.5 Å². The third-order valence-electron chi connectivity index (χ3n) is 2.74. The van der Waals surface area contributed by atoms with Crippen LogP contribution >= 0.6 is 0 Å². The summed E-state index contributed by atoms with van der Waals surface area (Å²) < 4.78 is 5.10. The number of ether oxygens (including phenoxy) is 1. The van der Waals surface area contributed by atoms with Crippen molar-refractivity contribution in [3.05, 3.63) is 23.8 Å². The Kier molecular flexibility index (Phi) is 5.17. The van der Waals surface area contributed by atoms with Crippen LogP contribution in [-0.4, -0.2) is 42.2 Å². The third kappa shape index (κ3) is 3.61. The molecule has 0 unspecified atom stereocenters. The van der Waals surface area contributed by atoms with E-state index in [0.29, 0.717) is 24.5 Å². The summed E-state index contributed by atoms with van der Waals surface area (Å²) in [6.45, 7) is 4.88. The molecule has 1 rings (SSSR count). The second kappa shape index (κ2) is 6.63. The van der Waals surface area contributed by atoms with Gasteiger partial charge in [0.05, 0.1) is 18.4 Å². The van der Waals surface area contributed by atoms with Gasteiger partial charge in [-0.25, -0.2) is 9.59 Å². The highest BCUT2D eigenvalue weighted by molar-refractivity contribution is 5.94. The second-order valence-electron chi connectivity index (χ2n) is 3.82. The molecule has 2 amide bonds. The molecule has 0 atom stereocenters. The molecular formula is C13H18N2O4. The standard InChI is InChI=1S/C13H18N2O4/c1-4-15(5-2)13(18)14-10-8-9(12(16)17)6-7-11(10)19-3/h6-8H,4-5H2,1-3H3,(H,14,18)(H,16,17). The number of carbonyl (C=O) groups is 2. The molecule has 0 aromatic heterocycles. The Labute approximate surface area is 112 Å². The zero-order valence-electron chi connectivity index (χ0n) is 11.3. The Morgan fingerprint density at radius 3 is 2.42 bits per heavy atom. The van der Waals surface area contributed by atoms with Crippen LogP contribution in [0.1, 0.15) is 24.2 Å². The van der Waals surface area contributed by atoms with Gasteiger partial charge in [-0.1, -0.05) is 0 Å². The number of amides is 2. The van der Waals surface area contributed by atoms with E-state index in [9.17, 15) is 9.59 Å². The molecule has 0 bridgehead atoms. The van der Waals surface area contributed by atoms with Crippen molar-refractivity contribution in [1.82, 2.24) is 4.90 Å². The first-order valence-corrected chi connectivity index (χ1v) is 6.00. The largest absolute Gasteiger partial charge is 0.495 e. The number of nitrogens with one attached hydrogen (secondary N) is 1. The predicted octanol–water partition coefficient (Wildman–Crippen LogP) is 2.27. The molecule has 19 heavy (non-hydrogen) atoms. The van der Waals surface area contributed by atoms with Crippen molar-refractivity contribution in [2.24, 2.45) is 0 Å². The molecule has 6 heteroatoms. The van der Waals surface area contributed by atoms with Crippen LogP contribution in [0, 0.1) is 0 Å². The molecule has 0 radical (unpaired) electrons. The van der Waals surface area contributed by atoms with Crippen LogP contribution in [0.4, 0.5) is 10.5 Å². The number of hydrogen-bond donors (Lipinski definition) is 2. The first-order valence-electron chi connectivity index (χ1n) is 6.00. The maximum Gasteiger partial charge on any atom is 0.335 e. The Morgan fingerprint density at radius 2 is 1.95 bits per heavy atom. The van der Waals surface area contributed by atoms with Gasteiger partial charge >= 0.3 is 12.0 Å². The lowest BCUT2D eigenvalue weighted by molar-refractivity contribution is 0.0697. The zero-order valence-corrected chi connectivity index (χ0v) is 11.3. The maximum atomic E-state index is 11.9. The Bertz CT molecular complexity index is 470. The molecule has 0 aliphatic carbocycles. The fourth-order valence-corrected chi connectivity index (χ4v) is 1.64. The molecule has 0 heterocycles. The number of rotatable bonds is 5. The van der Waals surface area contributed by atoms with Gasteiger partial charge in [-0.05, 0) is 32.0 Å². The van der Waals surface area contributed by atoms with Crippen LogP contribution < -0.4 is 10.1 Å². The van der Waals surface area contributed by atoms with Gasteiger partial charge in [-0.2, -0.15) is 0 Å². The normalized spacial score (nSPS) is 9.84. The molecule has 2 N–H and O–H groups in total. The molecule has 0 aliphatic heterocycles. The van der Waals surface area contributed by atoms with Gasteiger partial charge in [0.1, 0.15) is 5.75 Å². The summed E-state index contributed by atoms with van der Waals surface area (Å²) in [5.41, 5.74) is 0.440. The van der Waals surface area contributed by atoms with Gasteiger partial charge in [-0.3, -0.25) is 0 Å². The number of benzene rings is 1. The highest BCUT2D eigenvalue weighted by Crippen LogP contribution is 2.25. The van der Waals surface area contributed by atoms with Gasteiger partial charge in [0.2, 0.25) is 0 Å². The Hall–Kier alpha value is -2.24. The number of carboxylic acid groups (broad SMARTS) is 1. The minimum Gasteiger partial charge on any atom is -0.495 e. The van der Waals surface area contributed by atoms with Gasteiger partial charge in [0, 0.05) is 13.1 Å². The van der Waals surface area contributed by atoms with Gasteiger partial charge in [0.25, 0.3) is 0 Å². The highest BCUT2D eigenvalue weighted by atomic mass is 16.5. The van der Waals surface area contributed by atoms with Gasteiger partial charge < -0.3 is 20.1 Å². The van der Waals surface area contributed by atoms with E-state index < -0.39 is 5.97 Å².